The number of ether oxygens (including phenoxy) is 1. The number of esters is 1. The van der Waals surface area contributed by atoms with E-state index in [1.54, 1.807) is 32.1 Å². The number of aliphatic hydroxyl groups is 2. The maximum atomic E-state index is 12.9. The number of rotatable bonds is 3. The highest BCUT2D eigenvalue weighted by molar-refractivity contribution is 5.97. The van der Waals surface area contributed by atoms with Gasteiger partial charge in [-0.2, -0.15) is 0 Å². The van der Waals surface area contributed by atoms with Crippen LogP contribution in [0.1, 0.15) is 49.0 Å². The van der Waals surface area contributed by atoms with Gasteiger partial charge in [-0.25, -0.2) is 4.79 Å². The van der Waals surface area contributed by atoms with Crippen LogP contribution < -0.4 is 10.6 Å². The number of benzene rings is 1. The molecule has 180 valence electrons. The average molecular weight is 459 g/mol. The van der Waals surface area contributed by atoms with Crippen LogP contribution in [0.4, 0.5) is 5.69 Å². The van der Waals surface area contributed by atoms with Crippen LogP contribution in [0.25, 0.3) is 6.08 Å². The number of carbonyl (C=O) groups excluding carboxylic acids is 2. The van der Waals surface area contributed by atoms with E-state index in [1.807, 2.05) is 0 Å². The van der Waals surface area contributed by atoms with Crippen LogP contribution in [-0.2, 0) is 9.53 Å². The molecular formula is C25H34N2O6. The van der Waals surface area contributed by atoms with Gasteiger partial charge in [-0.1, -0.05) is 25.2 Å². The Hall–Kier alpha value is -2.68. The number of phenolic OH excluding ortho intramolecular Hbond substituents is 1. The number of ketones is 1. The van der Waals surface area contributed by atoms with Gasteiger partial charge >= 0.3 is 5.97 Å². The van der Waals surface area contributed by atoms with Gasteiger partial charge in [0.2, 0.25) is 0 Å². The second-order valence-corrected chi connectivity index (χ2v) is 8.92. The fourth-order valence-electron chi connectivity index (χ4n) is 3.94. The van der Waals surface area contributed by atoms with E-state index >= 15 is 0 Å². The Morgan fingerprint density at radius 3 is 2.58 bits per heavy atom. The smallest absolute Gasteiger partial charge is 0.342 e. The molecule has 1 saturated heterocycles. The van der Waals surface area contributed by atoms with Crippen molar-refractivity contribution in [3.63, 3.8) is 0 Å². The molecule has 0 aromatic heterocycles. The van der Waals surface area contributed by atoms with Gasteiger partial charge in [-0.15, -0.1) is 0 Å². The van der Waals surface area contributed by atoms with Crippen LogP contribution in [0.5, 0.6) is 5.75 Å². The van der Waals surface area contributed by atoms with Gasteiger partial charge in [-0.05, 0) is 62.9 Å². The first-order chi connectivity index (χ1) is 15.8. The van der Waals surface area contributed by atoms with Gasteiger partial charge in [0.15, 0.2) is 5.78 Å². The summed E-state index contributed by atoms with van der Waals surface area (Å²) in [6.45, 7) is 6.18. The fourth-order valence-corrected chi connectivity index (χ4v) is 3.94. The van der Waals surface area contributed by atoms with Gasteiger partial charge < -0.3 is 30.7 Å². The van der Waals surface area contributed by atoms with Crippen molar-refractivity contribution in [1.82, 2.24) is 5.32 Å². The lowest BCUT2D eigenvalue weighted by atomic mass is 9.97. The summed E-state index contributed by atoms with van der Waals surface area (Å²) >= 11 is 0. The number of hydrogen-bond donors (Lipinski definition) is 5. The predicted octanol–water partition coefficient (Wildman–Crippen LogP) is 2.25. The molecule has 1 aromatic rings. The van der Waals surface area contributed by atoms with Crippen LogP contribution in [0.15, 0.2) is 30.4 Å². The van der Waals surface area contributed by atoms with Crippen LogP contribution in [0.2, 0.25) is 0 Å². The van der Waals surface area contributed by atoms with Crippen molar-refractivity contribution in [3.05, 3.63) is 41.5 Å². The molecule has 5 N–H and O–H groups in total. The number of phenols is 1. The molecule has 3 rings (SSSR count). The van der Waals surface area contributed by atoms with E-state index in [0.717, 1.165) is 32.5 Å². The summed E-state index contributed by atoms with van der Waals surface area (Å²) in [7, 11) is 0. The largest absolute Gasteiger partial charge is 0.507 e. The van der Waals surface area contributed by atoms with E-state index in [-0.39, 0.29) is 23.7 Å². The Kier molecular flexibility index (Phi) is 8.66. The minimum atomic E-state index is -1.55. The highest BCUT2D eigenvalue weighted by Crippen LogP contribution is 2.30. The van der Waals surface area contributed by atoms with Gasteiger partial charge in [-0.3, -0.25) is 4.79 Å². The maximum Gasteiger partial charge on any atom is 0.342 e. The second kappa shape index (κ2) is 11.4. The first-order valence-corrected chi connectivity index (χ1v) is 11.5. The van der Waals surface area contributed by atoms with Gasteiger partial charge in [0, 0.05) is 24.2 Å². The molecule has 0 amide bonds. The number of aromatic hydroxyl groups is 1. The van der Waals surface area contributed by atoms with E-state index in [0.29, 0.717) is 17.2 Å². The standard InChI is InChI=1S/C25H34N2O6/c1-15-6-7-21(29)24(31)20(28)5-3-4-18-12-19(27-14-17-8-10-26-11-9-17)13-22(30)23(18)25(32)33-16(15)2/h3-4,6-7,12-13,15-17,20,24,26-28,30-31H,5,8-11,14H2,1-2H3/b4-3+,7-6+/t15-,16+,20+,24-/m1/s1. The molecule has 8 nitrogen and oxygen atoms in total. The maximum absolute atomic E-state index is 12.9. The van der Waals surface area contributed by atoms with Crippen molar-refractivity contribution < 1.29 is 29.6 Å². The third kappa shape index (κ3) is 6.66. The van der Waals surface area contributed by atoms with Gasteiger partial charge in [0.25, 0.3) is 0 Å². The molecule has 0 spiro atoms. The third-order valence-corrected chi connectivity index (χ3v) is 6.33. The average Bonchev–Trinajstić information content (AvgIpc) is 2.80. The summed E-state index contributed by atoms with van der Waals surface area (Å²) in [5.41, 5.74) is 1.13. The molecule has 1 aromatic carbocycles. The zero-order valence-corrected chi connectivity index (χ0v) is 19.2. The summed E-state index contributed by atoms with van der Waals surface area (Å²) < 4.78 is 5.56. The molecule has 33 heavy (non-hydrogen) atoms. The van der Waals surface area contributed by atoms with Crippen molar-refractivity contribution in [2.24, 2.45) is 11.8 Å². The number of fused-ring (bicyclic) bond motifs is 1. The topological polar surface area (TPSA) is 128 Å². The Bertz CT molecular complexity index is 906. The second-order valence-electron chi connectivity index (χ2n) is 8.92. The Morgan fingerprint density at radius 2 is 1.85 bits per heavy atom. The lowest BCUT2D eigenvalue weighted by Gasteiger charge is -2.24. The zero-order chi connectivity index (χ0) is 24.0. The summed E-state index contributed by atoms with van der Waals surface area (Å²) in [6.07, 6.45) is 4.58. The number of hydrogen-bond acceptors (Lipinski definition) is 8. The van der Waals surface area contributed by atoms with Crippen molar-refractivity contribution in [3.8, 4) is 5.75 Å². The molecule has 2 aliphatic heterocycles. The molecule has 0 unspecified atom stereocenters. The number of aliphatic hydroxyl groups excluding tert-OH is 2. The Labute approximate surface area is 194 Å². The summed E-state index contributed by atoms with van der Waals surface area (Å²) in [5, 5.41) is 37.7. The van der Waals surface area contributed by atoms with Crippen molar-refractivity contribution >= 4 is 23.5 Å². The van der Waals surface area contributed by atoms with Crippen molar-refractivity contribution in [2.75, 3.05) is 25.0 Å². The first kappa shape index (κ1) is 25.0. The van der Waals surface area contributed by atoms with Crippen molar-refractivity contribution in [1.29, 1.82) is 0 Å². The molecule has 2 heterocycles. The SMILES string of the molecule is C[C@@H]1/C=C/C(=O)[C@H](O)[C@@H](O)C/C=C/c2cc(NCC3CCNCC3)cc(O)c2C(=O)O[C@H]1C. The number of carbonyl (C=O) groups is 2. The Morgan fingerprint density at radius 1 is 1.12 bits per heavy atom. The van der Waals surface area contributed by atoms with Crippen molar-refractivity contribution in [2.45, 2.75) is 51.4 Å². The minimum absolute atomic E-state index is 0.00527. The molecule has 1 fully saturated rings. The molecule has 8 heteroatoms. The summed E-state index contributed by atoms with van der Waals surface area (Å²) in [6, 6.07) is 3.27. The predicted molar refractivity (Wildman–Crippen MR) is 126 cm³/mol. The van der Waals surface area contributed by atoms with E-state index in [9.17, 15) is 24.9 Å². The molecule has 4 atom stereocenters. The summed E-state index contributed by atoms with van der Waals surface area (Å²) in [5.74, 6) is -1.29. The molecule has 2 aliphatic rings. The highest BCUT2D eigenvalue weighted by Gasteiger charge is 2.25. The highest BCUT2D eigenvalue weighted by atomic mass is 16.5. The number of piperidine rings is 1. The zero-order valence-electron chi connectivity index (χ0n) is 19.2. The van der Waals surface area contributed by atoms with Crippen LogP contribution in [0, 0.1) is 11.8 Å². The van der Waals surface area contributed by atoms with E-state index in [2.05, 4.69) is 10.6 Å². The molecular weight excluding hydrogens is 424 g/mol. The summed E-state index contributed by atoms with van der Waals surface area (Å²) in [4.78, 5) is 25.1. The van der Waals surface area contributed by atoms with Gasteiger partial charge in [0.05, 0.1) is 6.10 Å². The molecule has 0 radical (unpaired) electrons. The molecule has 0 saturated carbocycles. The number of cyclic esters (lactones) is 1. The fraction of sp³-hybridized carbons (Fsp3) is 0.520. The number of anilines is 1. The first-order valence-electron chi connectivity index (χ1n) is 11.5. The van der Waals surface area contributed by atoms with E-state index in [4.69, 9.17) is 4.74 Å². The van der Waals surface area contributed by atoms with Crippen LogP contribution >= 0.6 is 0 Å². The minimum Gasteiger partial charge on any atom is -0.507 e. The van der Waals surface area contributed by atoms with Crippen LogP contribution in [0.3, 0.4) is 0 Å². The Balaban J connectivity index is 1.90. The lowest BCUT2D eigenvalue weighted by Crippen LogP contribution is -2.32. The number of nitrogens with one attached hydrogen (secondary N) is 2. The van der Waals surface area contributed by atoms with Gasteiger partial charge in [0.1, 0.15) is 23.5 Å². The van der Waals surface area contributed by atoms with Crippen LogP contribution in [-0.4, -0.2) is 65.0 Å². The normalized spacial score (nSPS) is 29.5. The van der Waals surface area contributed by atoms with E-state index in [1.165, 1.54) is 18.2 Å². The lowest BCUT2D eigenvalue weighted by molar-refractivity contribution is -0.127. The third-order valence-electron chi connectivity index (χ3n) is 6.33. The quantitative estimate of drug-likeness (QED) is 0.437. The monoisotopic (exact) mass is 458 g/mol. The molecule has 0 bridgehead atoms. The van der Waals surface area contributed by atoms with E-state index < -0.39 is 30.1 Å². The molecule has 0 aliphatic carbocycles.